The smallest absolute Gasteiger partial charge is 0.309 e. The van der Waals surface area contributed by atoms with Gasteiger partial charge in [-0.2, -0.15) is 0 Å². The second kappa shape index (κ2) is 6.87. The van der Waals surface area contributed by atoms with Crippen LogP contribution in [0.3, 0.4) is 0 Å². The molecule has 2 fully saturated rings. The molecule has 2 saturated heterocycles. The summed E-state index contributed by atoms with van der Waals surface area (Å²) in [5.41, 5.74) is 5.97. The molecule has 20 heavy (non-hydrogen) atoms. The summed E-state index contributed by atoms with van der Waals surface area (Å²) >= 11 is 0. The van der Waals surface area contributed by atoms with Gasteiger partial charge in [0.25, 0.3) is 0 Å². The molecule has 5 heteroatoms. The molecule has 0 aliphatic carbocycles. The van der Waals surface area contributed by atoms with E-state index < -0.39 is 0 Å². The normalized spacial score (nSPS) is 29.3. The van der Waals surface area contributed by atoms with Crippen molar-refractivity contribution in [1.29, 1.82) is 0 Å². The Balaban J connectivity index is 1.84. The molecule has 2 aliphatic rings. The van der Waals surface area contributed by atoms with Crippen LogP contribution in [-0.4, -0.2) is 67.2 Å². The van der Waals surface area contributed by atoms with Gasteiger partial charge in [-0.25, -0.2) is 0 Å². The van der Waals surface area contributed by atoms with Gasteiger partial charge in [0.05, 0.1) is 13.0 Å². The number of nitrogens with two attached hydrogens (primary N) is 1. The van der Waals surface area contributed by atoms with Gasteiger partial charge in [0.2, 0.25) is 0 Å². The van der Waals surface area contributed by atoms with Crippen LogP contribution in [0, 0.1) is 5.92 Å². The number of hydrogen-bond donors (Lipinski definition) is 1. The quantitative estimate of drug-likeness (QED) is 0.769. The fourth-order valence-corrected chi connectivity index (χ4v) is 3.42. The van der Waals surface area contributed by atoms with Gasteiger partial charge in [-0.1, -0.05) is 6.92 Å². The third kappa shape index (κ3) is 3.51. The van der Waals surface area contributed by atoms with Crippen molar-refractivity contribution in [2.24, 2.45) is 11.7 Å². The fraction of sp³-hybridized carbons (Fsp3) is 0.933. The summed E-state index contributed by atoms with van der Waals surface area (Å²) in [6, 6.07) is 1.27. The average molecular weight is 283 g/mol. The summed E-state index contributed by atoms with van der Waals surface area (Å²) in [5.74, 6) is -0.168. The third-order valence-electron chi connectivity index (χ3n) is 5.16. The molecule has 0 aromatic heterocycles. The molecular formula is C15H29N3O2. The van der Waals surface area contributed by atoms with Crippen molar-refractivity contribution in [1.82, 2.24) is 9.80 Å². The predicted octanol–water partition coefficient (Wildman–Crippen LogP) is 0.681. The van der Waals surface area contributed by atoms with E-state index in [1.165, 1.54) is 13.5 Å². The van der Waals surface area contributed by atoms with Crippen LogP contribution in [0.15, 0.2) is 0 Å². The fourth-order valence-electron chi connectivity index (χ4n) is 3.42. The Morgan fingerprint density at radius 1 is 1.20 bits per heavy atom. The molecule has 5 nitrogen and oxygen atoms in total. The van der Waals surface area contributed by atoms with Gasteiger partial charge in [0.15, 0.2) is 0 Å². The number of rotatable bonds is 4. The number of likely N-dealkylation sites (tertiary alicyclic amines) is 2. The topological polar surface area (TPSA) is 58.8 Å². The highest BCUT2D eigenvalue weighted by Gasteiger charge is 2.34. The zero-order valence-electron chi connectivity index (χ0n) is 13.0. The first-order valence-electron chi connectivity index (χ1n) is 7.84. The van der Waals surface area contributed by atoms with Crippen LogP contribution < -0.4 is 5.73 Å². The maximum absolute atomic E-state index is 11.7. The zero-order valence-corrected chi connectivity index (χ0v) is 13.0. The number of hydrogen-bond acceptors (Lipinski definition) is 5. The van der Waals surface area contributed by atoms with E-state index in [1.54, 1.807) is 0 Å². The lowest BCUT2D eigenvalue weighted by Gasteiger charge is -2.35. The lowest BCUT2D eigenvalue weighted by atomic mass is 10.0. The predicted molar refractivity (Wildman–Crippen MR) is 79.4 cm³/mol. The van der Waals surface area contributed by atoms with Crippen LogP contribution in [0.1, 0.15) is 33.1 Å². The number of carbonyl (C=O) groups excluding carboxylic acids is 1. The van der Waals surface area contributed by atoms with Crippen molar-refractivity contribution >= 4 is 5.97 Å². The molecule has 0 amide bonds. The minimum atomic E-state index is -0.107. The molecule has 2 rings (SSSR count). The Bertz CT molecular complexity index is 329. The summed E-state index contributed by atoms with van der Waals surface area (Å²) < 4.78 is 4.86. The Labute approximate surface area is 122 Å². The maximum atomic E-state index is 11.7. The first-order chi connectivity index (χ1) is 9.52. The maximum Gasteiger partial charge on any atom is 0.309 e. The highest BCUT2D eigenvalue weighted by atomic mass is 16.5. The summed E-state index contributed by atoms with van der Waals surface area (Å²) in [7, 11) is 1.47. The van der Waals surface area contributed by atoms with Gasteiger partial charge in [0, 0.05) is 31.2 Å². The average Bonchev–Trinajstić information content (AvgIpc) is 2.95. The molecule has 0 bridgehead atoms. The van der Waals surface area contributed by atoms with Crippen molar-refractivity contribution in [2.75, 3.05) is 33.3 Å². The lowest BCUT2D eigenvalue weighted by molar-refractivity contribution is -0.146. The SMILES string of the molecule is COC(=O)C(C)C(C)N1CCC(N2CCC(N)CC2)C1. The van der Waals surface area contributed by atoms with Gasteiger partial charge in [0.1, 0.15) is 0 Å². The standard InChI is InChI=1S/C15H29N3O2/c1-11(15(19)20-3)12(2)18-9-6-14(10-18)17-7-4-13(16)5-8-17/h11-14H,4-10,16H2,1-3H3. The number of esters is 1. The van der Waals surface area contributed by atoms with Crippen LogP contribution in [0.25, 0.3) is 0 Å². The van der Waals surface area contributed by atoms with Crippen LogP contribution in [0.2, 0.25) is 0 Å². The van der Waals surface area contributed by atoms with E-state index >= 15 is 0 Å². The highest BCUT2D eigenvalue weighted by molar-refractivity contribution is 5.72. The van der Waals surface area contributed by atoms with Gasteiger partial charge in [-0.3, -0.25) is 14.6 Å². The van der Waals surface area contributed by atoms with Crippen molar-refractivity contribution in [2.45, 2.75) is 51.2 Å². The number of carbonyl (C=O) groups is 1. The van der Waals surface area contributed by atoms with E-state index in [4.69, 9.17) is 10.5 Å². The highest BCUT2D eigenvalue weighted by Crippen LogP contribution is 2.24. The Morgan fingerprint density at radius 2 is 1.85 bits per heavy atom. The number of piperidine rings is 1. The summed E-state index contributed by atoms with van der Waals surface area (Å²) in [4.78, 5) is 16.7. The second-order valence-corrected chi connectivity index (χ2v) is 6.36. The molecule has 2 aliphatic heterocycles. The molecule has 3 unspecified atom stereocenters. The monoisotopic (exact) mass is 283 g/mol. The Hall–Kier alpha value is -0.650. The van der Waals surface area contributed by atoms with Crippen LogP contribution in [0.5, 0.6) is 0 Å². The molecule has 0 radical (unpaired) electrons. The van der Waals surface area contributed by atoms with E-state index in [1.807, 2.05) is 6.92 Å². The summed E-state index contributed by atoms with van der Waals surface area (Å²) in [5, 5.41) is 0. The first kappa shape index (κ1) is 15.7. The van der Waals surface area contributed by atoms with E-state index in [2.05, 4.69) is 16.7 Å². The molecule has 116 valence electrons. The Kier molecular flexibility index (Phi) is 5.41. The summed E-state index contributed by atoms with van der Waals surface area (Å²) in [6.07, 6.45) is 3.43. The second-order valence-electron chi connectivity index (χ2n) is 6.36. The van der Waals surface area contributed by atoms with E-state index in [-0.39, 0.29) is 17.9 Å². The van der Waals surface area contributed by atoms with E-state index in [0.29, 0.717) is 12.1 Å². The van der Waals surface area contributed by atoms with Gasteiger partial charge >= 0.3 is 5.97 Å². The van der Waals surface area contributed by atoms with Crippen molar-refractivity contribution in [3.8, 4) is 0 Å². The molecule has 0 aromatic carbocycles. The Morgan fingerprint density at radius 3 is 2.45 bits per heavy atom. The third-order valence-corrected chi connectivity index (χ3v) is 5.16. The van der Waals surface area contributed by atoms with E-state index in [9.17, 15) is 4.79 Å². The molecule has 0 saturated carbocycles. The van der Waals surface area contributed by atoms with Crippen LogP contribution in [0.4, 0.5) is 0 Å². The summed E-state index contributed by atoms with van der Waals surface area (Å²) in [6.45, 7) is 8.49. The molecule has 2 N–H and O–H groups in total. The van der Waals surface area contributed by atoms with Crippen LogP contribution in [-0.2, 0) is 9.53 Å². The first-order valence-corrected chi connectivity index (χ1v) is 7.84. The number of ether oxygens (including phenoxy) is 1. The van der Waals surface area contributed by atoms with Gasteiger partial charge in [-0.15, -0.1) is 0 Å². The van der Waals surface area contributed by atoms with Crippen molar-refractivity contribution < 1.29 is 9.53 Å². The van der Waals surface area contributed by atoms with Crippen molar-refractivity contribution in [3.05, 3.63) is 0 Å². The van der Waals surface area contributed by atoms with Crippen molar-refractivity contribution in [3.63, 3.8) is 0 Å². The molecule has 0 spiro atoms. The minimum absolute atomic E-state index is 0.0615. The van der Waals surface area contributed by atoms with Gasteiger partial charge < -0.3 is 10.5 Å². The minimum Gasteiger partial charge on any atom is -0.469 e. The molecule has 2 heterocycles. The van der Waals surface area contributed by atoms with E-state index in [0.717, 1.165) is 39.0 Å². The van der Waals surface area contributed by atoms with Gasteiger partial charge in [-0.05, 0) is 39.3 Å². The number of methoxy groups -OCH3 is 1. The lowest BCUT2D eigenvalue weighted by Crippen LogP contribution is -2.47. The molecular weight excluding hydrogens is 254 g/mol. The molecule has 3 atom stereocenters. The number of nitrogens with zero attached hydrogens (tertiary/aromatic N) is 2. The van der Waals surface area contributed by atoms with Crippen LogP contribution >= 0.6 is 0 Å². The zero-order chi connectivity index (χ0) is 14.7. The largest absolute Gasteiger partial charge is 0.469 e. The molecule has 0 aromatic rings.